The summed E-state index contributed by atoms with van der Waals surface area (Å²) in [6.07, 6.45) is 3.50. The minimum atomic E-state index is -0.0861. The van der Waals surface area contributed by atoms with E-state index in [0.717, 1.165) is 32.4 Å². The highest BCUT2D eigenvalue weighted by atomic mass is 16.3. The number of rotatable bonds is 6. The zero-order chi connectivity index (χ0) is 18.4. The van der Waals surface area contributed by atoms with Crippen LogP contribution >= 0.6 is 0 Å². The fraction of sp³-hybridized carbons (Fsp3) is 0.600. The van der Waals surface area contributed by atoms with Crippen molar-refractivity contribution in [3.63, 3.8) is 0 Å². The first kappa shape index (κ1) is 18.9. The monoisotopic (exact) mass is 359 g/mol. The van der Waals surface area contributed by atoms with Gasteiger partial charge >= 0.3 is 0 Å². The molecule has 0 radical (unpaired) electrons. The number of hydrogen-bond acceptors (Lipinski definition) is 4. The van der Waals surface area contributed by atoms with E-state index in [1.165, 1.54) is 5.56 Å². The maximum atomic E-state index is 12.6. The van der Waals surface area contributed by atoms with Gasteiger partial charge < -0.3 is 15.3 Å². The molecule has 2 aliphatic rings. The molecule has 6 heteroatoms. The number of hydrogen-bond donors (Lipinski definition) is 2. The number of amides is 2. The van der Waals surface area contributed by atoms with Crippen LogP contribution in [-0.2, 0) is 9.59 Å². The van der Waals surface area contributed by atoms with E-state index in [0.29, 0.717) is 19.5 Å². The average molecular weight is 359 g/mol. The molecule has 1 aromatic rings. The van der Waals surface area contributed by atoms with Gasteiger partial charge in [0.25, 0.3) is 0 Å². The number of nitrogens with one attached hydrogen (secondary N) is 1. The number of carbonyl (C=O) groups excluding carboxylic acids is 2. The van der Waals surface area contributed by atoms with Crippen LogP contribution in [-0.4, -0.2) is 72.1 Å². The lowest BCUT2D eigenvalue weighted by molar-refractivity contribution is -0.135. The Kier molecular flexibility index (Phi) is 6.63. The summed E-state index contributed by atoms with van der Waals surface area (Å²) in [5.41, 5.74) is 1.20. The smallest absolute Gasteiger partial charge is 0.239 e. The Morgan fingerprint density at radius 3 is 2.73 bits per heavy atom. The molecule has 2 fully saturated rings. The molecule has 0 aromatic heterocycles. The summed E-state index contributed by atoms with van der Waals surface area (Å²) in [4.78, 5) is 28.6. The molecule has 0 spiro atoms. The number of β-amino-alcohol motifs (C(OH)–C–C–N with tert-alkyl or cyclic N) is 1. The number of aliphatic hydroxyl groups is 1. The van der Waals surface area contributed by atoms with Crippen LogP contribution in [0.1, 0.15) is 37.2 Å². The molecule has 2 aliphatic heterocycles. The molecule has 2 heterocycles. The average Bonchev–Trinajstić information content (AvgIpc) is 2.92. The van der Waals surface area contributed by atoms with Gasteiger partial charge in [0, 0.05) is 44.6 Å². The van der Waals surface area contributed by atoms with Crippen LogP contribution in [0.2, 0.25) is 0 Å². The van der Waals surface area contributed by atoms with Crippen molar-refractivity contribution < 1.29 is 14.7 Å². The summed E-state index contributed by atoms with van der Waals surface area (Å²) in [5.74, 6) is 0.203. The van der Waals surface area contributed by atoms with E-state index >= 15 is 0 Å². The van der Waals surface area contributed by atoms with Crippen LogP contribution in [0, 0.1) is 0 Å². The van der Waals surface area contributed by atoms with E-state index in [-0.39, 0.29) is 36.9 Å². The second-order valence-electron chi connectivity index (χ2n) is 7.30. The summed E-state index contributed by atoms with van der Waals surface area (Å²) >= 11 is 0. The van der Waals surface area contributed by atoms with Gasteiger partial charge in [-0.15, -0.1) is 0 Å². The van der Waals surface area contributed by atoms with Crippen LogP contribution in [0.3, 0.4) is 0 Å². The molecule has 0 aliphatic carbocycles. The summed E-state index contributed by atoms with van der Waals surface area (Å²) in [7, 11) is 0. The minimum Gasteiger partial charge on any atom is -0.395 e. The Balaban J connectivity index is 1.63. The quantitative estimate of drug-likeness (QED) is 0.794. The highest BCUT2D eigenvalue weighted by Gasteiger charge is 2.34. The lowest BCUT2D eigenvalue weighted by Crippen LogP contribution is -2.46. The van der Waals surface area contributed by atoms with E-state index < -0.39 is 0 Å². The first-order valence-electron chi connectivity index (χ1n) is 9.62. The third-order valence-electron chi connectivity index (χ3n) is 5.39. The zero-order valence-electron chi connectivity index (χ0n) is 15.3. The van der Waals surface area contributed by atoms with Crippen molar-refractivity contribution in [2.45, 2.75) is 37.6 Å². The number of benzene rings is 1. The fourth-order valence-corrected chi connectivity index (χ4v) is 4.03. The van der Waals surface area contributed by atoms with E-state index in [2.05, 4.69) is 22.3 Å². The molecule has 1 aromatic carbocycles. The van der Waals surface area contributed by atoms with E-state index in [1.807, 2.05) is 18.2 Å². The Morgan fingerprint density at radius 2 is 1.96 bits per heavy atom. The maximum Gasteiger partial charge on any atom is 0.239 e. The summed E-state index contributed by atoms with van der Waals surface area (Å²) in [6.45, 7) is 3.09. The predicted octanol–water partition coefficient (Wildman–Crippen LogP) is 0.966. The van der Waals surface area contributed by atoms with Gasteiger partial charge in [-0.3, -0.25) is 14.5 Å². The van der Waals surface area contributed by atoms with Gasteiger partial charge in [-0.1, -0.05) is 36.8 Å². The summed E-state index contributed by atoms with van der Waals surface area (Å²) in [6, 6.07) is 10.2. The van der Waals surface area contributed by atoms with Crippen molar-refractivity contribution in [2.24, 2.45) is 0 Å². The maximum absolute atomic E-state index is 12.6. The van der Waals surface area contributed by atoms with Crippen molar-refractivity contribution in [3.05, 3.63) is 35.9 Å². The topological polar surface area (TPSA) is 72.9 Å². The van der Waals surface area contributed by atoms with Crippen molar-refractivity contribution in [1.29, 1.82) is 0 Å². The van der Waals surface area contributed by atoms with Gasteiger partial charge in [0.1, 0.15) is 0 Å². The molecule has 0 unspecified atom stereocenters. The molecular formula is C20H29N3O3. The molecule has 142 valence electrons. The first-order valence-corrected chi connectivity index (χ1v) is 9.62. The second-order valence-corrected chi connectivity index (χ2v) is 7.30. The molecule has 3 rings (SSSR count). The van der Waals surface area contributed by atoms with Gasteiger partial charge in [-0.25, -0.2) is 0 Å². The predicted molar refractivity (Wildman–Crippen MR) is 99.7 cm³/mol. The normalized spacial score (nSPS) is 24.5. The largest absolute Gasteiger partial charge is 0.395 e. The fourth-order valence-electron chi connectivity index (χ4n) is 4.03. The van der Waals surface area contributed by atoms with Crippen LogP contribution in [0.15, 0.2) is 30.3 Å². The highest BCUT2D eigenvalue weighted by molar-refractivity contribution is 5.85. The van der Waals surface area contributed by atoms with Crippen LogP contribution < -0.4 is 5.32 Å². The lowest BCUT2D eigenvalue weighted by atomic mass is 9.94. The molecule has 0 bridgehead atoms. The molecule has 2 saturated heterocycles. The van der Waals surface area contributed by atoms with Crippen LogP contribution in [0.4, 0.5) is 0 Å². The third-order valence-corrected chi connectivity index (χ3v) is 5.39. The van der Waals surface area contributed by atoms with Gasteiger partial charge in [0.15, 0.2) is 0 Å². The molecule has 0 saturated carbocycles. The van der Waals surface area contributed by atoms with Crippen LogP contribution in [0.5, 0.6) is 0 Å². The van der Waals surface area contributed by atoms with Crippen molar-refractivity contribution >= 4 is 11.8 Å². The Morgan fingerprint density at radius 1 is 1.15 bits per heavy atom. The van der Waals surface area contributed by atoms with E-state index in [9.17, 15) is 14.7 Å². The third kappa shape index (κ3) is 4.83. The van der Waals surface area contributed by atoms with Gasteiger partial charge in [-0.05, 0) is 18.4 Å². The van der Waals surface area contributed by atoms with Gasteiger partial charge in [0.2, 0.25) is 11.8 Å². The molecule has 2 N–H and O–H groups in total. The van der Waals surface area contributed by atoms with Gasteiger partial charge in [0.05, 0.1) is 13.2 Å². The molecule has 6 nitrogen and oxygen atoms in total. The lowest BCUT2D eigenvalue weighted by Gasteiger charge is -2.24. The Bertz CT molecular complexity index is 608. The molecule has 26 heavy (non-hydrogen) atoms. The highest BCUT2D eigenvalue weighted by Crippen LogP contribution is 2.27. The van der Waals surface area contributed by atoms with E-state index in [1.54, 1.807) is 4.90 Å². The van der Waals surface area contributed by atoms with Crippen LogP contribution in [0.25, 0.3) is 0 Å². The van der Waals surface area contributed by atoms with Crippen molar-refractivity contribution in [2.75, 3.05) is 39.3 Å². The Hall–Kier alpha value is -1.92. The number of carbonyl (C=O) groups is 2. The number of nitrogens with zero attached hydrogens (tertiary/aromatic N) is 2. The van der Waals surface area contributed by atoms with Crippen molar-refractivity contribution in [1.82, 2.24) is 15.1 Å². The standard InChI is InChI=1S/C20H29N3O3/c24-12-11-22-13-17(16-7-3-1-4-8-16)18(14-22)21-19(25)15-23-10-6-2-5-9-20(23)26/h1,3-4,7-8,17-18,24H,2,5-6,9-15H2,(H,21,25)/t17-,18+/m1/s1. The molecular weight excluding hydrogens is 330 g/mol. The minimum absolute atomic E-state index is 0.00136. The number of aliphatic hydroxyl groups excluding tert-OH is 1. The van der Waals surface area contributed by atoms with E-state index in [4.69, 9.17) is 0 Å². The van der Waals surface area contributed by atoms with Crippen molar-refractivity contribution in [3.8, 4) is 0 Å². The molecule has 2 atom stereocenters. The summed E-state index contributed by atoms with van der Waals surface area (Å²) < 4.78 is 0. The summed E-state index contributed by atoms with van der Waals surface area (Å²) in [5, 5.41) is 12.4. The SMILES string of the molecule is O=C(CN1CCCCCC1=O)N[C@H]1CN(CCO)C[C@@H]1c1ccccc1. The second kappa shape index (κ2) is 9.14. The zero-order valence-corrected chi connectivity index (χ0v) is 15.3. The van der Waals surface area contributed by atoms with Gasteiger partial charge in [-0.2, -0.15) is 0 Å². The number of likely N-dealkylation sites (tertiary alicyclic amines) is 2. The molecule has 2 amide bonds. The Labute approximate surface area is 155 Å². The first-order chi connectivity index (χ1) is 12.7.